The van der Waals surface area contributed by atoms with E-state index in [4.69, 9.17) is 10.5 Å². The third-order valence-electron chi connectivity index (χ3n) is 4.51. The number of H-pyrrole nitrogens is 1. The minimum Gasteiger partial charge on any atom is -0.455 e. The maximum Gasteiger partial charge on any atom is 0.330 e. The van der Waals surface area contributed by atoms with E-state index in [2.05, 4.69) is 4.98 Å². The standard InChI is InChI=1S/C21H28N4O5/c1-4-5-11-24(16(26)13-30-20(28)14(2)3)17-18(22)25(21(29)23-19(17)27)12-15-9-7-6-8-10-15/h6-10,14H,4-5,11-13,22H2,1-3H3,(H,23,27,29). The van der Waals surface area contributed by atoms with Gasteiger partial charge in [-0.05, 0) is 12.0 Å². The Bertz CT molecular complexity index is 995. The van der Waals surface area contributed by atoms with E-state index in [-0.39, 0.29) is 30.5 Å². The van der Waals surface area contributed by atoms with Gasteiger partial charge >= 0.3 is 11.7 Å². The number of benzene rings is 1. The molecular formula is C21H28N4O5. The maximum absolute atomic E-state index is 12.8. The summed E-state index contributed by atoms with van der Waals surface area (Å²) in [5.41, 5.74) is 5.45. The topological polar surface area (TPSA) is 127 Å². The van der Waals surface area contributed by atoms with Crippen LogP contribution in [0.15, 0.2) is 39.9 Å². The van der Waals surface area contributed by atoms with Gasteiger partial charge in [0.05, 0.1) is 12.5 Å². The van der Waals surface area contributed by atoms with Crippen LogP contribution in [-0.2, 0) is 20.9 Å². The number of nitrogens with one attached hydrogen (secondary N) is 1. The van der Waals surface area contributed by atoms with E-state index in [0.29, 0.717) is 6.42 Å². The predicted octanol–water partition coefficient (Wildman–Crippen LogP) is 1.50. The van der Waals surface area contributed by atoms with Gasteiger partial charge in [-0.1, -0.05) is 57.5 Å². The van der Waals surface area contributed by atoms with E-state index < -0.39 is 29.7 Å². The summed E-state index contributed by atoms with van der Waals surface area (Å²) in [7, 11) is 0. The minimum absolute atomic E-state index is 0.118. The van der Waals surface area contributed by atoms with Crippen molar-refractivity contribution in [3.8, 4) is 0 Å². The highest BCUT2D eigenvalue weighted by Crippen LogP contribution is 2.19. The summed E-state index contributed by atoms with van der Waals surface area (Å²) in [6.07, 6.45) is 1.36. The number of unbranched alkanes of at least 4 members (excludes halogenated alkanes) is 1. The lowest BCUT2D eigenvalue weighted by Crippen LogP contribution is -2.43. The van der Waals surface area contributed by atoms with Gasteiger partial charge in [0.1, 0.15) is 5.82 Å². The molecule has 3 N–H and O–H groups in total. The van der Waals surface area contributed by atoms with Gasteiger partial charge < -0.3 is 15.4 Å². The third-order valence-corrected chi connectivity index (χ3v) is 4.51. The van der Waals surface area contributed by atoms with Gasteiger partial charge in [0, 0.05) is 6.54 Å². The molecule has 0 aliphatic carbocycles. The second kappa shape index (κ2) is 10.4. The smallest absolute Gasteiger partial charge is 0.330 e. The second-order valence-corrected chi connectivity index (χ2v) is 7.23. The van der Waals surface area contributed by atoms with Crippen molar-refractivity contribution in [2.24, 2.45) is 5.92 Å². The van der Waals surface area contributed by atoms with Crippen LogP contribution >= 0.6 is 0 Å². The number of nitrogens with two attached hydrogens (primary N) is 1. The number of aromatic amines is 1. The average Bonchev–Trinajstić information content (AvgIpc) is 2.71. The molecule has 2 rings (SSSR count). The first kappa shape index (κ1) is 22.9. The number of nitrogen functional groups attached to an aromatic ring is 1. The first-order valence-corrected chi connectivity index (χ1v) is 9.89. The van der Waals surface area contributed by atoms with Crippen molar-refractivity contribution in [2.75, 3.05) is 23.8 Å². The van der Waals surface area contributed by atoms with E-state index in [1.165, 1.54) is 9.47 Å². The van der Waals surface area contributed by atoms with Gasteiger partial charge in [-0.15, -0.1) is 0 Å². The number of nitrogens with zero attached hydrogens (tertiary/aromatic N) is 2. The SMILES string of the molecule is CCCCN(C(=O)COC(=O)C(C)C)c1c(N)n(Cc2ccccc2)c(=O)[nH]c1=O. The van der Waals surface area contributed by atoms with Crippen LogP contribution in [-0.4, -0.2) is 34.6 Å². The monoisotopic (exact) mass is 416 g/mol. The van der Waals surface area contributed by atoms with E-state index in [0.717, 1.165) is 12.0 Å². The lowest BCUT2D eigenvalue weighted by molar-refractivity contribution is -0.150. The highest BCUT2D eigenvalue weighted by molar-refractivity contribution is 5.97. The fraction of sp³-hybridized carbons (Fsp3) is 0.429. The number of ether oxygens (including phenoxy) is 1. The first-order valence-electron chi connectivity index (χ1n) is 9.89. The number of carbonyl (C=O) groups is 2. The maximum atomic E-state index is 12.8. The van der Waals surface area contributed by atoms with Crippen LogP contribution in [0.1, 0.15) is 39.2 Å². The molecule has 0 radical (unpaired) electrons. The molecule has 1 amide bonds. The molecule has 1 aromatic carbocycles. The van der Waals surface area contributed by atoms with Crippen molar-refractivity contribution in [3.05, 3.63) is 56.7 Å². The summed E-state index contributed by atoms with van der Waals surface area (Å²) in [4.78, 5) is 52.9. The zero-order chi connectivity index (χ0) is 22.3. The van der Waals surface area contributed by atoms with Crippen LogP contribution in [0.4, 0.5) is 11.5 Å². The van der Waals surface area contributed by atoms with Gasteiger partial charge in [0.2, 0.25) is 0 Å². The number of hydrogen-bond acceptors (Lipinski definition) is 6. The first-order chi connectivity index (χ1) is 14.3. The number of aromatic nitrogens is 2. The number of esters is 1. The molecule has 0 unspecified atom stereocenters. The van der Waals surface area contributed by atoms with Gasteiger partial charge in [-0.2, -0.15) is 0 Å². The van der Waals surface area contributed by atoms with Gasteiger partial charge in [0.15, 0.2) is 12.3 Å². The highest BCUT2D eigenvalue weighted by Gasteiger charge is 2.25. The minimum atomic E-state index is -0.763. The van der Waals surface area contributed by atoms with Crippen molar-refractivity contribution in [1.82, 2.24) is 9.55 Å². The predicted molar refractivity (Wildman–Crippen MR) is 114 cm³/mol. The molecule has 0 aliphatic rings. The van der Waals surface area contributed by atoms with E-state index in [1.54, 1.807) is 13.8 Å². The van der Waals surface area contributed by atoms with E-state index in [9.17, 15) is 19.2 Å². The summed E-state index contributed by atoms with van der Waals surface area (Å²) in [5.74, 6) is -1.61. The Hall–Kier alpha value is -3.36. The molecule has 9 nitrogen and oxygen atoms in total. The fourth-order valence-electron chi connectivity index (χ4n) is 2.82. The summed E-state index contributed by atoms with van der Waals surface area (Å²) in [5, 5.41) is 0. The Morgan fingerprint density at radius 3 is 2.47 bits per heavy atom. The van der Waals surface area contributed by atoms with Crippen LogP contribution in [0.5, 0.6) is 0 Å². The van der Waals surface area contributed by atoms with Crippen molar-refractivity contribution >= 4 is 23.4 Å². The van der Waals surface area contributed by atoms with E-state index >= 15 is 0 Å². The van der Waals surface area contributed by atoms with Gasteiger partial charge in [-0.25, -0.2) is 4.79 Å². The molecule has 1 heterocycles. The average molecular weight is 416 g/mol. The van der Waals surface area contributed by atoms with Crippen molar-refractivity contribution in [1.29, 1.82) is 0 Å². The van der Waals surface area contributed by atoms with Gasteiger partial charge in [-0.3, -0.25) is 23.9 Å². The Balaban J connectivity index is 2.43. The molecule has 0 saturated carbocycles. The highest BCUT2D eigenvalue weighted by atomic mass is 16.5. The Labute approximate surface area is 174 Å². The third kappa shape index (κ3) is 5.59. The molecule has 9 heteroatoms. The van der Waals surface area contributed by atoms with Gasteiger partial charge in [0.25, 0.3) is 11.5 Å². The molecule has 0 fully saturated rings. The molecule has 1 aromatic heterocycles. The van der Waals surface area contributed by atoms with Crippen LogP contribution in [0.25, 0.3) is 0 Å². The Morgan fingerprint density at radius 1 is 1.20 bits per heavy atom. The summed E-state index contributed by atoms with van der Waals surface area (Å²) in [6.45, 7) is 5.06. The molecule has 0 saturated heterocycles. The van der Waals surface area contributed by atoms with Crippen molar-refractivity contribution in [3.63, 3.8) is 0 Å². The van der Waals surface area contributed by atoms with Crippen molar-refractivity contribution in [2.45, 2.75) is 40.2 Å². The lowest BCUT2D eigenvalue weighted by Gasteiger charge is -2.24. The molecule has 0 spiro atoms. The zero-order valence-corrected chi connectivity index (χ0v) is 17.5. The number of amides is 1. The molecular weight excluding hydrogens is 388 g/mol. The van der Waals surface area contributed by atoms with Crippen LogP contribution < -0.4 is 21.9 Å². The number of rotatable bonds is 9. The summed E-state index contributed by atoms with van der Waals surface area (Å²) < 4.78 is 6.23. The van der Waals surface area contributed by atoms with Crippen LogP contribution in [0, 0.1) is 5.92 Å². The number of carbonyl (C=O) groups excluding carboxylic acids is 2. The molecule has 30 heavy (non-hydrogen) atoms. The second-order valence-electron chi connectivity index (χ2n) is 7.23. The molecule has 2 aromatic rings. The number of anilines is 2. The molecule has 162 valence electrons. The number of hydrogen-bond donors (Lipinski definition) is 2. The molecule has 0 bridgehead atoms. The zero-order valence-electron chi connectivity index (χ0n) is 17.5. The molecule has 0 aliphatic heterocycles. The van der Waals surface area contributed by atoms with Crippen LogP contribution in [0.3, 0.4) is 0 Å². The van der Waals surface area contributed by atoms with Crippen molar-refractivity contribution < 1.29 is 14.3 Å². The quantitative estimate of drug-likeness (QED) is 0.596. The van der Waals surface area contributed by atoms with Crippen LogP contribution in [0.2, 0.25) is 0 Å². The lowest BCUT2D eigenvalue weighted by atomic mass is 10.2. The largest absolute Gasteiger partial charge is 0.455 e. The fourth-order valence-corrected chi connectivity index (χ4v) is 2.82. The summed E-state index contributed by atoms with van der Waals surface area (Å²) >= 11 is 0. The van der Waals surface area contributed by atoms with E-state index in [1.807, 2.05) is 37.3 Å². The summed E-state index contributed by atoms with van der Waals surface area (Å²) in [6, 6.07) is 9.13. The Kier molecular flexibility index (Phi) is 7.97. The normalized spacial score (nSPS) is 10.8. The molecule has 0 atom stereocenters. The Morgan fingerprint density at radius 2 is 1.87 bits per heavy atom.